The molecule has 3 rings (SSSR count). The second-order valence-electron chi connectivity index (χ2n) is 6.06. The van der Waals surface area contributed by atoms with Crippen molar-refractivity contribution in [2.45, 2.75) is 13.0 Å². The molecule has 8 heteroatoms. The minimum atomic E-state index is -1.16. The van der Waals surface area contributed by atoms with Crippen molar-refractivity contribution in [3.63, 3.8) is 0 Å². The highest BCUT2D eigenvalue weighted by Crippen LogP contribution is 2.25. The molecule has 28 heavy (non-hydrogen) atoms. The highest BCUT2D eigenvalue weighted by Gasteiger charge is 2.41. The van der Waals surface area contributed by atoms with Crippen LogP contribution in [0.25, 0.3) is 0 Å². The minimum Gasteiger partial charge on any atom is -0.495 e. The molecule has 1 atom stereocenters. The van der Waals surface area contributed by atoms with E-state index in [0.29, 0.717) is 11.4 Å². The van der Waals surface area contributed by atoms with E-state index in [0.717, 1.165) is 4.90 Å². The Kier molecular flexibility index (Phi) is 5.39. The highest BCUT2D eigenvalue weighted by molar-refractivity contribution is 6.22. The molecule has 0 bridgehead atoms. The lowest BCUT2D eigenvalue weighted by molar-refractivity contribution is -0.150. The van der Waals surface area contributed by atoms with Gasteiger partial charge in [-0.15, -0.1) is 0 Å². The molecule has 0 aliphatic carbocycles. The summed E-state index contributed by atoms with van der Waals surface area (Å²) in [6, 6.07) is 11.9. The van der Waals surface area contributed by atoms with E-state index >= 15 is 0 Å². The van der Waals surface area contributed by atoms with Crippen molar-refractivity contribution in [1.29, 1.82) is 0 Å². The number of esters is 1. The Morgan fingerprint density at radius 2 is 1.57 bits per heavy atom. The zero-order valence-electron chi connectivity index (χ0n) is 15.3. The van der Waals surface area contributed by atoms with Gasteiger partial charge in [0.15, 0.2) is 6.61 Å². The number of ether oxygens (including phenoxy) is 2. The van der Waals surface area contributed by atoms with Gasteiger partial charge in [-0.2, -0.15) is 0 Å². The number of para-hydroxylation sites is 2. The van der Waals surface area contributed by atoms with Crippen LogP contribution in [0.4, 0.5) is 5.69 Å². The summed E-state index contributed by atoms with van der Waals surface area (Å²) in [6.07, 6.45) is 0. The summed E-state index contributed by atoms with van der Waals surface area (Å²) in [5, 5.41) is 2.57. The average Bonchev–Trinajstić information content (AvgIpc) is 2.96. The third kappa shape index (κ3) is 3.57. The molecule has 2 aromatic rings. The predicted molar refractivity (Wildman–Crippen MR) is 99.0 cm³/mol. The van der Waals surface area contributed by atoms with Crippen LogP contribution in [-0.4, -0.2) is 48.3 Å². The molecule has 2 aromatic carbocycles. The second-order valence-corrected chi connectivity index (χ2v) is 6.06. The van der Waals surface area contributed by atoms with Gasteiger partial charge in [0.1, 0.15) is 11.8 Å². The fourth-order valence-corrected chi connectivity index (χ4v) is 2.86. The molecule has 0 unspecified atom stereocenters. The summed E-state index contributed by atoms with van der Waals surface area (Å²) in [5.74, 6) is -2.11. The zero-order valence-corrected chi connectivity index (χ0v) is 15.3. The molecule has 3 amide bonds. The van der Waals surface area contributed by atoms with E-state index in [2.05, 4.69) is 5.32 Å². The summed E-state index contributed by atoms with van der Waals surface area (Å²) in [6.45, 7) is 0.812. The van der Waals surface area contributed by atoms with E-state index < -0.39 is 36.3 Å². The van der Waals surface area contributed by atoms with Gasteiger partial charge in [0.2, 0.25) is 0 Å². The van der Waals surface area contributed by atoms with E-state index in [1.165, 1.54) is 26.2 Å². The lowest BCUT2D eigenvalue weighted by Crippen LogP contribution is -2.44. The number of methoxy groups -OCH3 is 1. The van der Waals surface area contributed by atoms with Crippen molar-refractivity contribution >= 4 is 29.4 Å². The van der Waals surface area contributed by atoms with Crippen LogP contribution in [0.3, 0.4) is 0 Å². The number of amides is 3. The number of rotatable bonds is 6. The number of nitrogens with zero attached hydrogens (tertiary/aromatic N) is 1. The molecule has 0 aromatic heterocycles. The maximum atomic E-state index is 12.4. The van der Waals surface area contributed by atoms with E-state index in [1.54, 1.807) is 36.4 Å². The van der Waals surface area contributed by atoms with Crippen molar-refractivity contribution < 1.29 is 28.7 Å². The van der Waals surface area contributed by atoms with Crippen LogP contribution in [0.2, 0.25) is 0 Å². The van der Waals surface area contributed by atoms with Crippen molar-refractivity contribution in [1.82, 2.24) is 4.90 Å². The smallest absolute Gasteiger partial charge is 0.329 e. The Morgan fingerprint density at radius 1 is 1.00 bits per heavy atom. The average molecular weight is 382 g/mol. The van der Waals surface area contributed by atoms with Gasteiger partial charge in [0, 0.05) is 0 Å². The fourth-order valence-electron chi connectivity index (χ4n) is 2.86. The number of anilines is 1. The molecule has 8 nitrogen and oxygen atoms in total. The van der Waals surface area contributed by atoms with Crippen LogP contribution in [0.5, 0.6) is 5.75 Å². The SMILES string of the molecule is COc1ccccc1NC(=O)COC(=O)[C@@H](C)N1C(=O)c2ccccc2C1=O. The van der Waals surface area contributed by atoms with E-state index in [9.17, 15) is 19.2 Å². The molecule has 144 valence electrons. The number of carbonyl (C=O) groups excluding carboxylic acids is 4. The van der Waals surface area contributed by atoms with Crippen LogP contribution < -0.4 is 10.1 Å². The monoisotopic (exact) mass is 382 g/mol. The largest absolute Gasteiger partial charge is 0.495 e. The predicted octanol–water partition coefficient (Wildman–Crippen LogP) is 1.86. The second kappa shape index (κ2) is 7.91. The number of imide groups is 1. The number of benzene rings is 2. The van der Waals surface area contributed by atoms with Crippen LogP contribution >= 0.6 is 0 Å². The molecule has 0 saturated carbocycles. The van der Waals surface area contributed by atoms with Gasteiger partial charge in [-0.25, -0.2) is 4.79 Å². The Hall–Kier alpha value is -3.68. The van der Waals surface area contributed by atoms with Crippen molar-refractivity contribution in [2.24, 2.45) is 0 Å². The van der Waals surface area contributed by atoms with Crippen molar-refractivity contribution in [3.8, 4) is 5.75 Å². The number of hydrogen-bond donors (Lipinski definition) is 1. The van der Waals surface area contributed by atoms with Crippen LogP contribution in [0.15, 0.2) is 48.5 Å². The topological polar surface area (TPSA) is 102 Å². The van der Waals surface area contributed by atoms with E-state index in [1.807, 2.05) is 0 Å². The Labute approximate surface area is 161 Å². The van der Waals surface area contributed by atoms with E-state index in [-0.39, 0.29) is 11.1 Å². The normalized spacial score (nSPS) is 13.7. The first-order chi connectivity index (χ1) is 13.4. The summed E-state index contributed by atoms with van der Waals surface area (Å²) >= 11 is 0. The van der Waals surface area contributed by atoms with Gasteiger partial charge in [-0.3, -0.25) is 19.3 Å². The Morgan fingerprint density at radius 3 is 2.18 bits per heavy atom. The molecule has 0 radical (unpaired) electrons. The maximum Gasteiger partial charge on any atom is 0.329 e. The first-order valence-corrected chi connectivity index (χ1v) is 8.50. The molecular weight excluding hydrogens is 364 g/mol. The molecule has 0 spiro atoms. The molecule has 0 saturated heterocycles. The van der Waals surface area contributed by atoms with Crippen molar-refractivity contribution in [2.75, 3.05) is 19.0 Å². The molecular formula is C20H18N2O6. The summed E-state index contributed by atoms with van der Waals surface area (Å²) in [5.41, 5.74) is 0.904. The number of fused-ring (bicyclic) bond motifs is 1. The molecule has 1 aliphatic heterocycles. The number of hydrogen-bond acceptors (Lipinski definition) is 6. The van der Waals surface area contributed by atoms with Gasteiger partial charge in [0.05, 0.1) is 23.9 Å². The lowest BCUT2D eigenvalue weighted by atomic mass is 10.1. The van der Waals surface area contributed by atoms with Crippen LogP contribution in [0, 0.1) is 0 Å². The van der Waals surface area contributed by atoms with Gasteiger partial charge in [-0.05, 0) is 31.2 Å². The summed E-state index contributed by atoms with van der Waals surface area (Å²) < 4.78 is 10.1. The first-order valence-electron chi connectivity index (χ1n) is 8.50. The van der Waals surface area contributed by atoms with Gasteiger partial charge >= 0.3 is 5.97 Å². The zero-order chi connectivity index (χ0) is 20.3. The van der Waals surface area contributed by atoms with E-state index in [4.69, 9.17) is 9.47 Å². The van der Waals surface area contributed by atoms with Gasteiger partial charge in [-0.1, -0.05) is 24.3 Å². The third-order valence-corrected chi connectivity index (χ3v) is 4.28. The fraction of sp³-hybridized carbons (Fsp3) is 0.200. The maximum absolute atomic E-state index is 12.4. The Bertz CT molecular complexity index is 920. The molecule has 1 aliphatic rings. The molecule has 1 N–H and O–H groups in total. The molecule has 0 fully saturated rings. The van der Waals surface area contributed by atoms with Crippen LogP contribution in [-0.2, 0) is 14.3 Å². The first kappa shape index (κ1) is 19.1. The summed E-state index contributed by atoms with van der Waals surface area (Å²) in [4.78, 5) is 50.0. The van der Waals surface area contributed by atoms with Gasteiger partial charge in [0.25, 0.3) is 17.7 Å². The van der Waals surface area contributed by atoms with Crippen molar-refractivity contribution in [3.05, 3.63) is 59.7 Å². The quantitative estimate of drug-likeness (QED) is 0.604. The third-order valence-electron chi connectivity index (χ3n) is 4.28. The number of nitrogens with one attached hydrogen (secondary N) is 1. The minimum absolute atomic E-state index is 0.237. The van der Waals surface area contributed by atoms with Gasteiger partial charge < -0.3 is 14.8 Å². The van der Waals surface area contributed by atoms with Crippen LogP contribution in [0.1, 0.15) is 27.6 Å². The summed E-state index contributed by atoms with van der Waals surface area (Å²) in [7, 11) is 1.47. The molecule has 1 heterocycles. The number of carbonyl (C=O) groups is 4. The highest BCUT2D eigenvalue weighted by atomic mass is 16.5. The Balaban J connectivity index is 1.60. The lowest BCUT2D eigenvalue weighted by Gasteiger charge is -2.20. The standard InChI is InChI=1S/C20H18N2O6/c1-12(22-18(24)13-7-3-4-8-14(13)19(22)25)20(26)28-11-17(23)21-15-9-5-6-10-16(15)27-2/h3-10,12H,11H2,1-2H3,(H,21,23)/t12-/m1/s1.